The van der Waals surface area contributed by atoms with Gasteiger partial charge in [0.2, 0.25) is 0 Å². The van der Waals surface area contributed by atoms with Crippen molar-refractivity contribution in [3.8, 4) is 22.7 Å². The maximum Gasteiger partial charge on any atom is 0.164 e. The average molecular weight is 867 g/mol. The van der Waals surface area contributed by atoms with Crippen molar-refractivity contribution in [3.63, 3.8) is 0 Å². The molecule has 0 aliphatic heterocycles. The first-order valence-electron chi connectivity index (χ1n) is 18.2. The van der Waals surface area contributed by atoms with Crippen LogP contribution in [-0.4, -0.2) is 25.8 Å². The molecule has 3 aromatic heterocycles. The maximum absolute atomic E-state index is 12.2. The maximum atomic E-state index is 12.2. The molecule has 275 valence electrons. The Kier molecular flexibility index (Phi) is 14.1. The number of ketones is 1. The van der Waals surface area contributed by atoms with Crippen LogP contribution < -0.4 is 0 Å². The van der Waals surface area contributed by atoms with Crippen LogP contribution in [0.4, 0.5) is 0 Å². The first-order valence-corrected chi connectivity index (χ1v) is 18.2. The minimum Gasteiger partial charge on any atom is -0.512 e. The zero-order valence-electron chi connectivity index (χ0n) is 32.4. The van der Waals surface area contributed by atoms with E-state index in [1.165, 1.54) is 17.0 Å². The number of rotatable bonds is 11. The van der Waals surface area contributed by atoms with Crippen LogP contribution in [0.3, 0.4) is 0 Å². The van der Waals surface area contributed by atoms with Crippen LogP contribution in [0.5, 0.6) is 0 Å². The number of carbonyl (C=O) groups is 1. The summed E-state index contributed by atoms with van der Waals surface area (Å²) >= 11 is 0. The minimum absolute atomic E-state index is 0. The van der Waals surface area contributed by atoms with Gasteiger partial charge in [-0.05, 0) is 61.6 Å². The summed E-state index contributed by atoms with van der Waals surface area (Å²) < 4.78 is 6.09. The van der Waals surface area contributed by atoms with Crippen LogP contribution in [0.1, 0.15) is 113 Å². The molecule has 0 aliphatic rings. The summed E-state index contributed by atoms with van der Waals surface area (Å²) in [4.78, 5) is 26.0. The SMILES string of the molecule is CC(C)Cc1ccc2oc(-c3cc(-c4[c-]c5ccccc5c(C(C)(C)C)c4)ncn3)cc2n1.CCC(C)(CC)C(=O)/C=C(\O)C(C)(CC)CC.[Ir]. The van der Waals surface area contributed by atoms with E-state index in [0.29, 0.717) is 11.7 Å². The number of furan rings is 1. The van der Waals surface area contributed by atoms with E-state index in [2.05, 4.69) is 81.0 Å². The predicted octanol–water partition coefficient (Wildman–Crippen LogP) is 12.0. The van der Waals surface area contributed by atoms with Gasteiger partial charge in [-0.2, -0.15) is 0 Å². The Balaban J connectivity index is 0.000000335. The molecule has 0 amide bonds. The van der Waals surface area contributed by atoms with Crippen molar-refractivity contribution >= 4 is 27.7 Å². The molecule has 0 saturated heterocycles. The summed E-state index contributed by atoms with van der Waals surface area (Å²) in [6.45, 7) is 23.2. The van der Waals surface area contributed by atoms with E-state index in [4.69, 9.17) is 9.40 Å². The van der Waals surface area contributed by atoms with Crippen LogP contribution in [0.2, 0.25) is 0 Å². The number of aliphatic hydroxyl groups is 1. The third-order valence-corrected chi connectivity index (χ3v) is 10.4. The molecule has 5 aromatic rings. The summed E-state index contributed by atoms with van der Waals surface area (Å²) in [6.07, 6.45) is 7.29. The molecule has 1 N–H and O–H groups in total. The normalized spacial score (nSPS) is 12.5. The Hall–Kier alpha value is -3.67. The molecule has 1 radical (unpaired) electrons. The molecule has 3 heterocycles. The van der Waals surface area contributed by atoms with Crippen LogP contribution in [0.25, 0.3) is 44.6 Å². The average Bonchev–Trinajstić information content (AvgIpc) is 3.53. The number of hydrogen-bond acceptors (Lipinski definition) is 6. The number of nitrogens with zero attached hydrogens (tertiary/aromatic N) is 3. The third-order valence-electron chi connectivity index (χ3n) is 10.4. The standard InChI is InChI=1S/C29H28N3O.C15H28O2.Ir/c1-18(2)12-21-10-11-27-26(32-21)16-28(33-27)25-15-24(30-17-31-25)20-13-19-8-6-7-9-22(19)23(14-20)29(3,4)5;1-7-14(5,8-2)12(16)11-13(17)15(6,9-3)10-4;/h6-11,14-18H,12H2,1-5H3;11,16H,7-10H2,1-6H3;/q-1;;/b;12-11-;. The topological polar surface area (TPSA) is 89.1 Å². The smallest absolute Gasteiger partial charge is 0.164 e. The van der Waals surface area contributed by atoms with E-state index in [1.54, 1.807) is 6.33 Å². The van der Waals surface area contributed by atoms with Gasteiger partial charge in [-0.15, -0.1) is 29.1 Å². The van der Waals surface area contributed by atoms with Crippen molar-refractivity contribution in [2.24, 2.45) is 16.7 Å². The molecule has 0 unspecified atom stereocenters. The summed E-state index contributed by atoms with van der Waals surface area (Å²) in [7, 11) is 0. The Morgan fingerprint density at radius 3 is 2.10 bits per heavy atom. The number of hydrogen-bond donors (Lipinski definition) is 1. The third kappa shape index (κ3) is 9.81. The van der Waals surface area contributed by atoms with Crippen molar-refractivity contribution in [1.82, 2.24) is 15.0 Å². The van der Waals surface area contributed by atoms with Crippen LogP contribution in [0.15, 0.2) is 77.2 Å². The van der Waals surface area contributed by atoms with Gasteiger partial charge in [0.1, 0.15) is 23.3 Å². The van der Waals surface area contributed by atoms with Gasteiger partial charge < -0.3 is 9.52 Å². The van der Waals surface area contributed by atoms with Gasteiger partial charge in [-0.3, -0.25) is 9.78 Å². The summed E-state index contributed by atoms with van der Waals surface area (Å²) in [5, 5.41) is 12.4. The summed E-state index contributed by atoms with van der Waals surface area (Å²) in [5.74, 6) is 1.54. The van der Waals surface area contributed by atoms with Crippen LogP contribution >= 0.6 is 0 Å². The number of aliphatic hydroxyl groups excluding tert-OH is 1. The van der Waals surface area contributed by atoms with Gasteiger partial charge in [-0.1, -0.05) is 105 Å². The summed E-state index contributed by atoms with van der Waals surface area (Å²) in [5.41, 5.74) is 5.89. The first kappa shape index (κ1) is 41.7. The quantitative estimate of drug-likeness (QED) is 0.0808. The van der Waals surface area contributed by atoms with E-state index in [1.807, 2.05) is 65.8 Å². The predicted molar refractivity (Wildman–Crippen MR) is 207 cm³/mol. The molecule has 0 spiro atoms. The first-order chi connectivity index (χ1) is 23.6. The molecule has 6 nitrogen and oxygen atoms in total. The van der Waals surface area contributed by atoms with E-state index < -0.39 is 0 Å². The molecular weight excluding hydrogens is 811 g/mol. The zero-order valence-corrected chi connectivity index (χ0v) is 34.8. The molecule has 7 heteroatoms. The molecule has 51 heavy (non-hydrogen) atoms. The van der Waals surface area contributed by atoms with Gasteiger partial charge >= 0.3 is 0 Å². The van der Waals surface area contributed by atoms with Gasteiger partial charge in [0.25, 0.3) is 0 Å². The molecule has 5 rings (SSSR count). The second-order valence-corrected chi connectivity index (χ2v) is 15.5. The van der Waals surface area contributed by atoms with E-state index in [0.717, 1.165) is 71.2 Å². The zero-order chi connectivity index (χ0) is 36.9. The molecule has 0 fully saturated rings. The van der Waals surface area contributed by atoms with Crippen molar-refractivity contribution in [1.29, 1.82) is 0 Å². The Labute approximate surface area is 319 Å². The van der Waals surface area contributed by atoms with Gasteiger partial charge in [-0.25, -0.2) is 9.97 Å². The number of aromatic nitrogens is 3. The van der Waals surface area contributed by atoms with Crippen molar-refractivity contribution in [2.75, 3.05) is 0 Å². The summed E-state index contributed by atoms with van der Waals surface area (Å²) in [6, 6.07) is 22.1. The molecule has 0 atom stereocenters. The number of carbonyl (C=O) groups excluding carboxylic acids is 1. The van der Waals surface area contributed by atoms with Crippen LogP contribution in [-0.2, 0) is 36.7 Å². The number of benzene rings is 2. The Morgan fingerprint density at radius 1 is 0.863 bits per heavy atom. The second kappa shape index (κ2) is 17.2. The van der Waals surface area contributed by atoms with Gasteiger partial charge in [0, 0.05) is 54.5 Å². The second-order valence-electron chi connectivity index (χ2n) is 15.5. The fraction of sp³-hybridized carbons (Fsp3) is 0.455. The molecule has 0 aliphatic carbocycles. The van der Waals surface area contributed by atoms with E-state index >= 15 is 0 Å². The Bertz CT molecular complexity index is 1960. The van der Waals surface area contributed by atoms with Crippen molar-refractivity contribution in [2.45, 2.75) is 114 Å². The fourth-order valence-corrected chi connectivity index (χ4v) is 5.94. The van der Waals surface area contributed by atoms with E-state index in [-0.39, 0.29) is 47.9 Å². The minimum atomic E-state index is -0.337. The van der Waals surface area contributed by atoms with Crippen molar-refractivity contribution < 1.29 is 34.4 Å². The molecule has 0 bridgehead atoms. The van der Waals surface area contributed by atoms with Crippen LogP contribution in [0, 0.1) is 22.8 Å². The number of pyridine rings is 1. The molecule has 2 aromatic carbocycles. The van der Waals surface area contributed by atoms with Crippen molar-refractivity contribution in [3.05, 3.63) is 90.1 Å². The van der Waals surface area contributed by atoms with Gasteiger partial charge in [0.15, 0.2) is 17.1 Å². The number of fused-ring (bicyclic) bond motifs is 2. The molecule has 0 saturated carbocycles. The molecular formula is C44H56IrN3O3-. The Morgan fingerprint density at radius 2 is 1.49 bits per heavy atom. The largest absolute Gasteiger partial charge is 0.512 e. The monoisotopic (exact) mass is 867 g/mol. The number of allylic oxidation sites excluding steroid dienone is 2. The van der Waals surface area contributed by atoms with E-state index in [9.17, 15) is 9.90 Å². The van der Waals surface area contributed by atoms with Gasteiger partial charge in [0.05, 0.1) is 0 Å². The fourth-order valence-electron chi connectivity index (χ4n) is 5.94.